The van der Waals surface area contributed by atoms with Crippen LogP contribution in [0.5, 0.6) is 0 Å². The van der Waals surface area contributed by atoms with Crippen molar-refractivity contribution in [3.05, 3.63) is 18.5 Å². The van der Waals surface area contributed by atoms with Gasteiger partial charge in [-0.15, -0.1) is 0 Å². The summed E-state index contributed by atoms with van der Waals surface area (Å²) in [7, 11) is 0. The van der Waals surface area contributed by atoms with Gasteiger partial charge in [-0.25, -0.2) is 9.67 Å². The van der Waals surface area contributed by atoms with Crippen molar-refractivity contribution in [2.24, 2.45) is 5.92 Å². The monoisotopic (exact) mass is 271 g/mol. The Hall–Kier alpha value is -1.58. The highest BCUT2D eigenvalue weighted by Crippen LogP contribution is 2.29. The Labute approximate surface area is 120 Å². The maximum absolute atomic E-state index is 4.40. The fraction of sp³-hybridized carbons (Fsp3) is 0.625. The molecule has 1 N–H and O–H groups in total. The van der Waals surface area contributed by atoms with E-state index in [1.165, 1.54) is 32.1 Å². The molecule has 0 spiro atoms. The number of rotatable bonds is 4. The molecule has 2 aromatic rings. The van der Waals surface area contributed by atoms with Gasteiger partial charge in [0.05, 0.1) is 17.3 Å². The number of hydrogen-bond donors (Lipinski definition) is 1. The molecule has 20 heavy (non-hydrogen) atoms. The lowest BCUT2D eigenvalue weighted by molar-refractivity contribution is 0.328. The van der Waals surface area contributed by atoms with Crippen LogP contribution in [0.3, 0.4) is 0 Å². The lowest BCUT2D eigenvalue weighted by Crippen LogP contribution is -2.27. The highest BCUT2D eigenvalue weighted by atomic mass is 15.3. The van der Waals surface area contributed by atoms with Gasteiger partial charge in [0.1, 0.15) is 0 Å². The van der Waals surface area contributed by atoms with E-state index in [0.29, 0.717) is 6.04 Å². The van der Waals surface area contributed by atoms with Crippen LogP contribution >= 0.6 is 0 Å². The predicted molar refractivity (Wildman–Crippen MR) is 81.7 cm³/mol. The number of pyridine rings is 1. The molecule has 2 heterocycles. The van der Waals surface area contributed by atoms with E-state index >= 15 is 0 Å². The van der Waals surface area contributed by atoms with Crippen LogP contribution < -0.4 is 5.32 Å². The summed E-state index contributed by atoms with van der Waals surface area (Å²) in [5.74, 6) is 0.779. The van der Waals surface area contributed by atoms with Gasteiger partial charge < -0.3 is 5.32 Å². The first-order chi connectivity index (χ1) is 9.79. The summed E-state index contributed by atoms with van der Waals surface area (Å²) in [6, 6.07) is 3.73. The van der Waals surface area contributed by atoms with E-state index in [-0.39, 0.29) is 0 Å². The van der Waals surface area contributed by atoms with Crippen molar-refractivity contribution < 1.29 is 0 Å². The Bertz CT molecular complexity index is 569. The Balaban J connectivity index is 1.81. The average molecular weight is 271 g/mol. The highest BCUT2D eigenvalue weighted by molar-refractivity contribution is 5.88. The van der Waals surface area contributed by atoms with E-state index in [1.807, 2.05) is 10.9 Å². The maximum Gasteiger partial charge on any atom is 0.159 e. The molecule has 1 radical (unpaired) electrons. The van der Waals surface area contributed by atoms with E-state index in [2.05, 4.69) is 35.3 Å². The first kappa shape index (κ1) is 13.4. The van der Waals surface area contributed by atoms with E-state index in [1.54, 1.807) is 6.20 Å². The molecule has 107 valence electrons. The Morgan fingerprint density at radius 2 is 2.20 bits per heavy atom. The lowest BCUT2D eigenvalue weighted by atomic mass is 9.84. The summed E-state index contributed by atoms with van der Waals surface area (Å²) < 4.78 is 1.93. The van der Waals surface area contributed by atoms with Gasteiger partial charge in [-0.05, 0) is 32.6 Å². The van der Waals surface area contributed by atoms with Gasteiger partial charge in [0.25, 0.3) is 0 Å². The Morgan fingerprint density at radius 1 is 1.40 bits per heavy atom. The minimum atomic E-state index is 0.488. The molecule has 0 bridgehead atoms. The first-order valence-electron chi connectivity index (χ1n) is 7.78. The molecule has 4 nitrogen and oxygen atoms in total. The van der Waals surface area contributed by atoms with Crippen molar-refractivity contribution in [1.29, 1.82) is 0 Å². The van der Waals surface area contributed by atoms with Gasteiger partial charge in [-0.2, -0.15) is 5.10 Å². The van der Waals surface area contributed by atoms with E-state index in [0.717, 1.165) is 29.2 Å². The third-order valence-electron chi connectivity index (χ3n) is 4.51. The molecular weight excluding hydrogens is 248 g/mol. The topological polar surface area (TPSA) is 42.7 Å². The number of hydrogen-bond acceptors (Lipinski definition) is 3. The summed E-state index contributed by atoms with van der Waals surface area (Å²) in [6.07, 6.45) is 10.5. The summed E-state index contributed by atoms with van der Waals surface area (Å²) in [4.78, 5) is 4.40. The standard InChI is InChI=1S/C16H23N4/c1-3-20-16-14(11-18-20)15(9-10-17-16)19-12(2)13-7-5-4-6-8-13/h10-13H,3-8H2,1-2H3,(H,17,19). The first-order valence-corrected chi connectivity index (χ1v) is 7.78. The fourth-order valence-electron chi connectivity index (χ4n) is 3.26. The van der Waals surface area contributed by atoms with E-state index in [4.69, 9.17) is 0 Å². The van der Waals surface area contributed by atoms with Crippen LogP contribution in [0.25, 0.3) is 11.0 Å². The smallest absolute Gasteiger partial charge is 0.159 e. The van der Waals surface area contributed by atoms with Crippen molar-refractivity contribution in [3.8, 4) is 0 Å². The quantitative estimate of drug-likeness (QED) is 0.923. The third kappa shape index (κ3) is 2.51. The zero-order valence-electron chi connectivity index (χ0n) is 12.4. The molecule has 0 saturated heterocycles. The maximum atomic E-state index is 4.40. The second-order valence-electron chi connectivity index (χ2n) is 5.81. The predicted octanol–water partition coefficient (Wildman–Crippen LogP) is 3.63. The van der Waals surface area contributed by atoms with Crippen molar-refractivity contribution in [3.63, 3.8) is 0 Å². The second kappa shape index (κ2) is 5.81. The minimum Gasteiger partial charge on any atom is -0.381 e. The second-order valence-corrected chi connectivity index (χ2v) is 5.81. The van der Waals surface area contributed by atoms with Gasteiger partial charge in [0, 0.05) is 24.8 Å². The molecule has 0 aromatic carbocycles. The summed E-state index contributed by atoms with van der Waals surface area (Å²) in [6.45, 7) is 5.22. The van der Waals surface area contributed by atoms with Crippen molar-refractivity contribution in [2.75, 3.05) is 5.32 Å². The molecule has 1 atom stereocenters. The molecule has 1 unspecified atom stereocenters. The Morgan fingerprint density at radius 3 is 2.95 bits per heavy atom. The zero-order chi connectivity index (χ0) is 13.9. The molecule has 0 amide bonds. The normalized spacial score (nSPS) is 18.3. The molecule has 3 rings (SSSR count). The largest absolute Gasteiger partial charge is 0.381 e. The van der Waals surface area contributed by atoms with Gasteiger partial charge in [-0.1, -0.05) is 19.3 Å². The van der Waals surface area contributed by atoms with Crippen molar-refractivity contribution in [2.45, 2.75) is 58.5 Å². The molecule has 0 aliphatic heterocycles. The van der Waals surface area contributed by atoms with Crippen molar-refractivity contribution in [1.82, 2.24) is 14.8 Å². The average Bonchev–Trinajstić information content (AvgIpc) is 2.92. The highest BCUT2D eigenvalue weighted by Gasteiger charge is 2.20. The fourth-order valence-corrected chi connectivity index (χ4v) is 3.26. The molecule has 4 heteroatoms. The van der Waals surface area contributed by atoms with Crippen LogP contribution in [0.15, 0.2) is 12.4 Å². The number of aryl methyl sites for hydroxylation is 1. The van der Waals surface area contributed by atoms with Crippen LogP contribution in [-0.2, 0) is 6.54 Å². The summed E-state index contributed by atoms with van der Waals surface area (Å²) >= 11 is 0. The molecule has 2 aromatic heterocycles. The lowest BCUT2D eigenvalue weighted by Gasteiger charge is -2.29. The molecular formula is C16H23N4. The van der Waals surface area contributed by atoms with E-state index in [9.17, 15) is 0 Å². The van der Waals surface area contributed by atoms with Crippen LogP contribution in [-0.4, -0.2) is 20.8 Å². The van der Waals surface area contributed by atoms with Crippen LogP contribution in [0.1, 0.15) is 46.0 Å². The molecule has 1 aliphatic carbocycles. The number of fused-ring (bicyclic) bond motifs is 1. The van der Waals surface area contributed by atoms with Crippen LogP contribution in [0.4, 0.5) is 5.69 Å². The van der Waals surface area contributed by atoms with Gasteiger partial charge in [0.15, 0.2) is 5.65 Å². The zero-order valence-corrected chi connectivity index (χ0v) is 12.4. The van der Waals surface area contributed by atoms with Gasteiger partial charge >= 0.3 is 0 Å². The van der Waals surface area contributed by atoms with Gasteiger partial charge in [0.2, 0.25) is 0 Å². The van der Waals surface area contributed by atoms with Crippen LogP contribution in [0, 0.1) is 12.0 Å². The Kier molecular flexibility index (Phi) is 3.90. The van der Waals surface area contributed by atoms with Gasteiger partial charge in [-0.3, -0.25) is 0 Å². The molecule has 1 aliphatic rings. The summed E-state index contributed by atoms with van der Waals surface area (Å²) in [5.41, 5.74) is 2.00. The third-order valence-corrected chi connectivity index (χ3v) is 4.51. The molecule has 1 saturated carbocycles. The number of aromatic nitrogens is 3. The van der Waals surface area contributed by atoms with Crippen molar-refractivity contribution >= 4 is 16.7 Å². The molecule has 1 fully saturated rings. The number of nitrogens with one attached hydrogen (secondary N) is 1. The summed E-state index contributed by atoms with van der Waals surface area (Å²) in [5, 5.41) is 9.11. The van der Waals surface area contributed by atoms with E-state index < -0.39 is 0 Å². The minimum absolute atomic E-state index is 0.488. The number of nitrogens with zero attached hydrogens (tertiary/aromatic N) is 3. The number of anilines is 1. The van der Waals surface area contributed by atoms with Crippen LogP contribution in [0.2, 0.25) is 0 Å². The SMILES string of the molecule is CCn1ncc2c(NC(C)C3CCCCC3)[c]cnc21.